The topological polar surface area (TPSA) is 46.2 Å². The van der Waals surface area contributed by atoms with Gasteiger partial charge in [-0.2, -0.15) is 0 Å². The van der Waals surface area contributed by atoms with Gasteiger partial charge in [0.1, 0.15) is 0 Å². The molecular formula is C42H99N3O3. The van der Waals surface area contributed by atoms with E-state index in [1.165, 1.54) is 0 Å². The molecule has 0 spiro atoms. The van der Waals surface area contributed by atoms with Crippen LogP contribution >= 0.6 is 0 Å². The third-order valence-electron chi connectivity index (χ3n) is 10.3. The molecular weight excluding hydrogens is 594 g/mol. The summed E-state index contributed by atoms with van der Waals surface area (Å²) < 4.78 is 15.5. The van der Waals surface area contributed by atoms with Gasteiger partial charge in [0.25, 0.3) is 0 Å². The van der Waals surface area contributed by atoms with Gasteiger partial charge in [0, 0.05) is 45.0 Å². The second-order valence-corrected chi connectivity index (χ2v) is 16.6. The average molecular weight is 694 g/mol. The fourth-order valence-corrected chi connectivity index (χ4v) is 2.83. The largest absolute Gasteiger partial charge is 0.381 e. The number of nitrogens with one attached hydrogen (secondary N) is 1. The zero-order chi connectivity index (χ0) is 40.1. The Morgan fingerprint density at radius 2 is 0.938 bits per heavy atom. The normalized spacial score (nSPS) is 14.7. The Balaban J connectivity index is -0.000000111. The molecule has 48 heavy (non-hydrogen) atoms. The number of ether oxygens (including phenoxy) is 3. The van der Waals surface area contributed by atoms with Crippen molar-refractivity contribution in [3.05, 3.63) is 0 Å². The number of hydrogen-bond acceptors (Lipinski definition) is 6. The third kappa shape index (κ3) is 40.2. The van der Waals surface area contributed by atoms with Crippen LogP contribution in [0.3, 0.4) is 0 Å². The summed E-state index contributed by atoms with van der Waals surface area (Å²) in [7, 11) is 11.9. The van der Waals surface area contributed by atoms with E-state index in [4.69, 9.17) is 14.2 Å². The van der Waals surface area contributed by atoms with Gasteiger partial charge in [-0.05, 0) is 133 Å². The van der Waals surface area contributed by atoms with Crippen LogP contribution in [-0.2, 0) is 14.2 Å². The monoisotopic (exact) mass is 694 g/mol. The minimum atomic E-state index is 0.0417. The molecule has 0 aromatic carbocycles. The molecule has 0 radical (unpaired) electrons. The van der Waals surface area contributed by atoms with E-state index in [0.717, 1.165) is 24.4 Å². The van der Waals surface area contributed by atoms with E-state index < -0.39 is 0 Å². The van der Waals surface area contributed by atoms with E-state index in [2.05, 4.69) is 182 Å². The Kier molecular flexibility index (Phi) is 43.9. The predicted molar refractivity (Wildman–Crippen MR) is 222 cm³/mol. The van der Waals surface area contributed by atoms with E-state index in [9.17, 15) is 0 Å². The van der Waals surface area contributed by atoms with E-state index in [1.807, 2.05) is 14.0 Å². The molecule has 5 atom stereocenters. The summed E-state index contributed by atoms with van der Waals surface area (Å²) in [5, 5.41) is 3.16. The number of rotatable bonds is 14. The summed E-state index contributed by atoms with van der Waals surface area (Å²) in [5.74, 6) is 4.16. The van der Waals surface area contributed by atoms with Crippen molar-refractivity contribution in [2.75, 3.05) is 49.0 Å². The number of hydrogen-bond donors (Lipinski definition) is 1. The molecule has 300 valence electrons. The van der Waals surface area contributed by atoms with Crippen LogP contribution in [-0.4, -0.2) is 101 Å². The molecule has 0 aliphatic carbocycles. The molecule has 0 saturated heterocycles. The molecule has 0 heterocycles. The van der Waals surface area contributed by atoms with Gasteiger partial charge in [-0.3, -0.25) is 0 Å². The lowest BCUT2D eigenvalue weighted by atomic mass is 9.95. The SMILES string of the molecule is CC(C)C(C)N(C)C.CC(C)C(C)N(C)C(C)C.CCOC(C)C(C)C.CNC(C)C(C)C.COC(C)(C)C(C)C.COC(C)C(C)C. The Morgan fingerprint density at radius 3 is 0.979 bits per heavy atom. The predicted octanol–water partition coefficient (Wildman–Crippen LogP) is 11.0. The molecule has 1 N–H and O–H groups in total. The summed E-state index contributed by atoms with van der Waals surface area (Å²) in [6.45, 7) is 48.8. The van der Waals surface area contributed by atoms with Gasteiger partial charge < -0.3 is 29.3 Å². The van der Waals surface area contributed by atoms with Crippen molar-refractivity contribution < 1.29 is 14.2 Å². The van der Waals surface area contributed by atoms with Gasteiger partial charge in [-0.1, -0.05) is 83.1 Å². The lowest BCUT2D eigenvalue weighted by Gasteiger charge is -2.31. The molecule has 0 aliphatic rings. The van der Waals surface area contributed by atoms with Gasteiger partial charge in [0.2, 0.25) is 0 Å². The van der Waals surface area contributed by atoms with E-state index >= 15 is 0 Å². The van der Waals surface area contributed by atoms with Crippen molar-refractivity contribution in [1.82, 2.24) is 15.1 Å². The second kappa shape index (κ2) is 35.2. The van der Waals surface area contributed by atoms with Gasteiger partial charge in [0.15, 0.2) is 0 Å². The van der Waals surface area contributed by atoms with Crippen molar-refractivity contribution in [1.29, 1.82) is 0 Å². The first-order valence-electron chi connectivity index (χ1n) is 19.3. The highest BCUT2D eigenvalue weighted by molar-refractivity contribution is 4.71. The molecule has 0 fully saturated rings. The molecule has 5 unspecified atom stereocenters. The third-order valence-corrected chi connectivity index (χ3v) is 10.3. The summed E-state index contributed by atoms with van der Waals surface area (Å²) in [4.78, 5) is 4.65. The number of nitrogens with zero attached hydrogens (tertiary/aromatic N) is 2. The Labute approximate surface area is 307 Å². The summed E-state index contributed by atoms with van der Waals surface area (Å²) in [5.41, 5.74) is 0.0417. The number of methoxy groups -OCH3 is 2. The zero-order valence-electron chi connectivity index (χ0n) is 38.8. The summed E-state index contributed by atoms with van der Waals surface area (Å²) in [6, 6.07) is 2.72. The molecule has 0 aliphatic heterocycles. The fourth-order valence-electron chi connectivity index (χ4n) is 2.83. The molecule has 0 aromatic heterocycles. The van der Waals surface area contributed by atoms with E-state index in [-0.39, 0.29) is 5.60 Å². The van der Waals surface area contributed by atoms with Crippen LogP contribution < -0.4 is 5.32 Å². The Morgan fingerprint density at radius 1 is 0.562 bits per heavy atom. The maximum atomic E-state index is 5.30. The van der Waals surface area contributed by atoms with E-state index in [0.29, 0.717) is 54.1 Å². The van der Waals surface area contributed by atoms with Crippen molar-refractivity contribution >= 4 is 0 Å². The molecule has 6 nitrogen and oxygen atoms in total. The van der Waals surface area contributed by atoms with Crippen LogP contribution in [0.2, 0.25) is 0 Å². The van der Waals surface area contributed by atoms with Crippen LogP contribution in [0, 0.1) is 35.5 Å². The highest BCUT2D eigenvalue weighted by Gasteiger charge is 2.20. The highest BCUT2D eigenvalue weighted by Crippen LogP contribution is 2.18. The van der Waals surface area contributed by atoms with Crippen LogP contribution in [0.25, 0.3) is 0 Å². The van der Waals surface area contributed by atoms with Crippen LogP contribution in [0.1, 0.15) is 152 Å². The van der Waals surface area contributed by atoms with Gasteiger partial charge in [-0.25, -0.2) is 0 Å². The standard InChI is InChI=1S/C9H21N.C7H17N.2C7H16O.C6H15N.C6H14O/c1-7(2)9(5)10(6)8(3)4;1-6(2)7(3)8(4)5;1-6(2)7(3,4)8-5;1-5-8-7(4)6(2)3;2*1-5(2)6(3)7-4/h7-9H,1-6H3;6-7H,1-5H3;6H,1-5H3;6-7H,5H2,1-4H3;5-7H,1-4H3;5-6H,1-4H3. The lowest BCUT2D eigenvalue weighted by molar-refractivity contribution is -0.0157. The molecule has 0 aromatic rings. The molecule has 0 rings (SSSR count). The average Bonchev–Trinajstić information content (AvgIpc) is 3.00. The first-order valence-corrected chi connectivity index (χ1v) is 19.3. The first-order chi connectivity index (χ1) is 21.6. The molecule has 0 saturated carbocycles. The van der Waals surface area contributed by atoms with E-state index in [1.54, 1.807) is 14.2 Å². The first kappa shape index (κ1) is 59.9. The highest BCUT2D eigenvalue weighted by atomic mass is 16.5. The quantitative estimate of drug-likeness (QED) is 0.195. The van der Waals surface area contributed by atoms with Gasteiger partial charge >= 0.3 is 0 Å². The zero-order valence-corrected chi connectivity index (χ0v) is 38.8. The van der Waals surface area contributed by atoms with Crippen molar-refractivity contribution in [2.24, 2.45) is 35.5 Å². The van der Waals surface area contributed by atoms with Crippen LogP contribution in [0.5, 0.6) is 0 Å². The van der Waals surface area contributed by atoms with Gasteiger partial charge in [-0.15, -0.1) is 0 Å². The van der Waals surface area contributed by atoms with Crippen LogP contribution in [0.4, 0.5) is 0 Å². The van der Waals surface area contributed by atoms with Crippen molar-refractivity contribution in [3.63, 3.8) is 0 Å². The molecule has 6 heteroatoms. The summed E-state index contributed by atoms with van der Waals surface area (Å²) in [6.07, 6.45) is 0.819. The smallest absolute Gasteiger partial charge is 0.0645 e. The van der Waals surface area contributed by atoms with Crippen molar-refractivity contribution in [3.8, 4) is 0 Å². The maximum Gasteiger partial charge on any atom is 0.0645 e. The maximum absolute atomic E-state index is 5.30. The van der Waals surface area contributed by atoms with Crippen molar-refractivity contribution in [2.45, 2.75) is 194 Å². The Hall–Kier alpha value is -0.240. The van der Waals surface area contributed by atoms with Gasteiger partial charge in [0.05, 0.1) is 17.8 Å². The van der Waals surface area contributed by atoms with Crippen LogP contribution in [0.15, 0.2) is 0 Å². The molecule has 0 bridgehead atoms. The Bertz CT molecular complexity index is 585. The summed E-state index contributed by atoms with van der Waals surface area (Å²) >= 11 is 0. The molecule has 0 amide bonds. The minimum Gasteiger partial charge on any atom is -0.381 e. The fraction of sp³-hybridized carbons (Fsp3) is 1.00. The minimum absolute atomic E-state index is 0.0417. The lowest BCUT2D eigenvalue weighted by Crippen LogP contribution is -2.38. The second-order valence-electron chi connectivity index (χ2n) is 16.6.